The van der Waals surface area contributed by atoms with Crippen molar-refractivity contribution in [3.05, 3.63) is 59.8 Å². The Bertz CT molecular complexity index is 863. The van der Waals surface area contributed by atoms with Crippen molar-refractivity contribution in [2.24, 2.45) is 0 Å². The van der Waals surface area contributed by atoms with Crippen molar-refractivity contribution < 1.29 is 14.3 Å². The predicted molar refractivity (Wildman–Crippen MR) is 111 cm³/mol. The molecule has 1 aliphatic heterocycles. The van der Waals surface area contributed by atoms with Gasteiger partial charge in [0.15, 0.2) is 6.10 Å². The maximum Gasteiger partial charge on any atom is 0.259 e. The number of methoxy groups -OCH3 is 1. The molecule has 0 saturated carbocycles. The van der Waals surface area contributed by atoms with E-state index >= 15 is 0 Å². The second kappa shape index (κ2) is 9.52. The summed E-state index contributed by atoms with van der Waals surface area (Å²) in [6.07, 6.45) is 4.25. The van der Waals surface area contributed by atoms with Gasteiger partial charge in [0, 0.05) is 32.3 Å². The average molecular weight is 396 g/mol. The summed E-state index contributed by atoms with van der Waals surface area (Å²) >= 11 is 0. The minimum absolute atomic E-state index is 0.0586. The van der Waals surface area contributed by atoms with Crippen molar-refractivity contribution in [1.29, 1.82) is 0 Å². The van der Waals surface area contributed by atoms with Gasteiger partial charge in [-0.2, -0.15) is 5.10 Å². The van der Waals surface area contributed by atoms with Crippen LogP contribution in [-0.4, -0.2) is 46.7 Å². The van der Waals surface area contributed by atoms with Gasteiger partial charge in [0.05, 0.1) is 12.2 Å². The van der Waals surface area contributed by atoms with Crippen molar-refractivity contribution >= 4 is 17.6 Å². The highest BCUT2D eigenvalue weighted by atomic mass is 16.5. The van der Waals surface area contributed by atoms with Crippen molar-refractivity contribution in [3.8, 4) is 0 Å². The molecular weight excluding hydrogens is 368 g/mol. The molecule has 1 unspecified atom stereocenters. The molecule has 1 N–H and O–H groups in total. The third-order valence-electron chi connectivity index (χ3n) is 5.03. The quantitative estimate of drug-likeness (QED) is 0.760. The summed E-state index contributed by atoms with van der Waals surface area (Å²) in [5, 5.41) is 7.36. The summed E-state index contributed by atoms with van der Waals surface area (Å²) in [5.41, 5.74) is 1.80. The third kappa shape index (κ3) is 5.12. The fourth-order valence-corrected chi connectivity index (χ4v) is 3.59. The second-order valence-corrected chi connectivity index (χ2v) is 7.45. The highest BCUT2D eigenvalue weighted by Crippen LogP contribution is 2.27. The molecule has 2 amide bonds. The van der Waals surface area contributed by atoms with Gasteiger partial charge < -0.3 is 15.0 Å². The minimum atomic E-state index is -0.692. The summed E-state index contributed by atoms with van der Waals surface area (Å²) in [7, 11) is 1.52. The van der Waals surface area contributed by atoms with Crippen LogP contribution in [0.4, 0.5) is 5.82 Å². The number of hydrogen-bond donors (Lipinski definition) is 1. The van der Waals surface area contributed by atoms with E-state index in [0.29, 0.717) is 18.9 Å². The Morgan fingerprint density at radius 1 is 1.17 bits per heavy atom. The molecule has 0 spiro atoms. The molecule has 0 bridgehead atoms. The lowest BCUT2D eigenvalue weighted by molar-refractivity contribution is -0.127. The number of ether oxygens (including phenoxy) is 1. The van der Waals surface area contributed by atoms with Crippen LogP contribution in [0.15, 0.2) is 54.2 Å². The van der Waals surface area contributed by atoms with E-state index in [2.05, 4.69) is 10.4 Å². The van der Waals surface area contributed by atoms with Gasteiger partial charge in [-0.05, 0) is 32.3 Å². The van der Waals surface area contributed by atoms with Crippen molar-refractivity contribution in [2.45, 2.75) is 38.8 Å². The van der Waals surface area contributed by atoms with Gasteiger partial charge in [0.2, 0.25) is 5.91 Å². The highest BCUT2D eigenvalue weighted by Gasteiger charge is 2.26. The van der Waals surface area contributed by atoms with Crippen molar-refractivity contribution in [1.82, 2.24) is 14.7 Å². The zero-order valence-electron chi connectivity index (χ0n) is 17.2. The zero-order chi connectivity index (χ0) is 20.8. The van der Waals surface area contributed by atoms with E-state index in [1.54, 1.807) is 18.3 Å². The van der Waals surface area contributed by atoms with E-state index in [4.69, 9.17) is 4.74 Å². The van der Waals surface area contributed by atoms with Gasteiger partial charge in [-0.3, -0.25) is 9.59 Å². The fraction of sp³-hybridized carbons (Fsp3) is 0.409. The number of anilines is 1. The molecule has 7 nitrogen and oxygen atoms in total. The van der Waals surface area contributed by atoms with E-state index in [9.17, 15) is 9.59 Å². The molecule has 29 heavy (non-hydrogen) atoms. The number of nitrogens with zero attached hydrogens (tertiary/aromatic N) is 3. The molecule has 2 heterocycles. The maximum absolute atomic E-state index is 12.8. The molecule has 1 aromatic carbocycles. The molecule has 0 aliphatic carbocycles. The topological polar surface area (TPSA) is 76.5 Å². The Hall–Kier alpha value is -2.93. The number of amides is 2. The number of aromatic nitrogens is 2. The maximum atomic E-state index is 12.8. The number of likely N-dealkylation sites (tertiary alicyclic amines) is 1. The first-order valence-electron chi connectivity index (χ1n) is 9.85. The van der Waals surface area contributed by atoms with Gasteiger partial charge in [-0.15, -0.1) is 0 Å². The van der Waals surface area contributed by atoms with E-state index in [1.807, 2.05) is 53.8 Å². The molecule has 7 heteroatoms. The fourth-order valence-electron chi connectivity index (χ4n) is 3.59. The van der Waals surface area contributed by atoms with E-state index in [-0.39, 0.29) is 17.9 Å². The molecule has 1 atom stereocenters. The Morgan fingerprint density at radius 3 is 2.48 bits per heavy atom. The molecule has 154 valence electrons. The van der Waals surface area contributed by atoms with Gasteiger partial charge in [-0.25, -0.2) is 4.68 Å². The lowest BCUT2D eigenvalue weighted by atomic mass is 10.0. The number of hydrogen-bond acceptors (Lipinski definition) is 4. The van der Waals surface area contributed by atoms with Crippen LogP contribution in [0.5, 0.6) is 0 Å². The van der Waals surface area contributed by atoms with Crippen LogP contribution in [-0.2, 0) is 14.3 Å². The number of nitrogens with one attached hydrogen (secondary N) is 1. The minimum Gasteiger partial charge on any atom is -0.367 e. The first-order valence-corrected chi connectivity index (χ1v) is 9.85. The molecular formula is C22H28N4O3. The van der Waals surface area contributed by atoms with Gasteiger partial charge >= 0.3 is 0 Å². The lowest BCUT2D eigenvalue weighted by Crippen LogP contribution is -2.38. The highest BCUT2D eigenvalue weighted by molar-refractivity contribution is 5.94. The van der Waals surface area contributed by atoms with Crippen LogP contribution in [0.25, 0.3) is 0 Å². The molecule has 1 aliphatic rings. The first-order chi connectivity index (χ1) is 14.0. The Labute approximate surface area is 171 Å². The molecule has 1 fully saturated rings. The van der Waals surface area contributed by atoms with Gasteiger partial charge in [0.1, 0.15) is 5.82 Å². The largest absolute Gasteiger partial charge is 0.367 e. The van der Waals surface area contributed by atoms with Crippen LogP contribution in [0, 0.1) is 0 Å². The van der Waals surface area contributed by atoms with E-state index < -0.39 is 6.10 Å². The van der Waals surface area contributed by atoms with Gasteiger partial charge in [-0.1, -0.05) is 35.9 Å². The molecule has 3 rings (SSSR count). The number of benzene rings is 1. The van der Waals surface area contributed by atoms with Gasteiger partial charge in [0.25, 0.3) is 5.91 Å². The molecule has 0 radical (unpaired) electrons. The number of rotatable bonds is 6. The predicted octanol–water partition coefficient (Wildman–Crippen LogP) is 3.34. The van der Waals surface area contributed by atoms with Crippen molar-refractivity contribution in [3.63, 3.8) is 0 Å². The third-order valence-corrected chi connectivity index (χ3v) is 5.03. The summed E-state index contributed by atoms with van der Waals surface area (Å²) in [6, 6.07) is 11.3. The van der Waals surface area contributed by atoms with Crippen LogP contribution in [0.2, 0.25) is 0 Å². The summed E-state index contributed by atoms with van der Waals surface area (Å²) in [4.78, 5) is 26.9. The van der Waals surface area contributed by atoms with Crippen LogP contribution in [0.1, 0.15) is 44.4 Å². The first kappa shape index (κ1) is 20.8. The molecule has 1 aromatic heterocycles. The van der Waals surface area contributed by atoms with E-state index in [1.165, 1.54) is 7.11 Å². The van der Waals surface area contributed by atoms with Crippen LogP contribution >= 0.6 is 0 Å². The molecule has 2 aromatic rings. The standard InChI is InChI=1S/C22H28N4O3/c1-16(2)15-20(27)25-13-10-18(11-14-25)26-19(9-12-23-26)24-22(28)21(29-3)17-7-5-4-6-8-17/h4-9,12,15,18,21H,10-11,13-14H2,1-3H3,(H,24,28). The zero-order valence-corrected chi connectivity index (χ0v) is 17.2. The number of piperidine rings is 1. The van der Waals surface area contributed by atoms with Crippen LogP contribution in [0.3, 0.4) is 0 Å². The second-order valence-electron chi connectivity index (χ2n) is 7.45. The van der Waals surface area contributed by atoms with E-state index in [0.717, 1.165) is 24.0 Å². The summed E-state index contributed by atoms with van der Waals surface area (Å²) in [5.74, 6) is 0.460. The number of carbonyl (C=O) groups is 2. The van der Waals surface area contributed by atoms with Crippen molar-refractivity contribution in [2.75, 3.05) is 25.5 Å². The lowest BCUT2D eigenvalue weighted by Gasteiger charge is -2.32. The summed E-state index contributed by atoms with van der Waals surface area (Å²) < 4.78 is 7.26. The average Bonchev–Trinajstić information content (AvgIpc) is 3.17. The SMILES string of the molecule is COC(C(=O)Nc1ccnn1C1CCN(C(=O)C=C(C)C)CC1)c1ccccc1. The van der Waals surface area contributed by atoms with Crippen LogP contribution < -0.4 is 5.32 Å². The normalized spacial score (nSPS) is 15.6. The Balaban J connectivity index is 1.65. The summed E-state index contributed by atoms with van der Waals surface area (Å²) in [6.45, 7) is 5.19. The number of carbonyl (C=O) groups excluding carboxylic acids is 2. The molecule has 1 saturated heterocycles. The smallest absolute Gasteiger partial charge is 0.259 e. The Morgan fingerprint density at radius 2 is 1.86 bits per heavy atom. The Kier molecular flexibility index (Phi) is 6.82. The number of allylic oxidation sites excluding steroid dienone is 1. The monoisotopic (exact) mass is 396 g/mol.